The molecule has 0 bridgehead atoms. The quantitative estimate of drug-likeness (QED) is 0.839. The lowest BCUT2D eigenvalue weighted by atomic mass is 9.99. The normalized spacial score (nSPS) is 12.4. The van der Waals surface area contributed by atoms with Crippen LogP contribution in [-0.2, 0) is 0 Å². The van der Waals surface area contributed by atoms with E-state index in [9.17, 15) is 4.39 Å². The summed E-state index contributed by atoms with van der Waals surface area (Å²) in [5, 5.41) is 0. The number of nitrogens with two attached hydrogens (primary N) is 1. The van der Waals surface area contributed by atoms with E-state index in [4.69, 9.17) is 5.73 Å². The Morgan fingerprint density at radius 3 is 2.59 bits per heavy atom. The Balaban J connectivity index is 2.40. The summed E-state index contributed by atoms with van der Waals surface area (Å²) in [5.41, 5.74) is 8.01. The first-order valence-electron chi connectivity index (χ1n) is 5.36. The predicted octanol–water partition coefficient (Wildman–Crippen LogP) is 3.60. The molecule has 1 atom stereocenters. The summed E-state index contributed by atoms with van der Waals surface area (Å²) in [7, 11) is 0. The SMILES string of the molecule is CSc1ccccc1C(N)c1cccc(F)c1. The van der Waals surface area contributed by atoms with Crippen LogP contribution in [0.3, 0.4) is 0 Å². The molecule has 0 aliphatic heterocycles. The monoisotopic (exact) mass is 247 g/mol. The minimum absolute atomic E-state index is 0.250. The van der Waals surface area contributed by atoms with Crippen LogP contribution in [0.1, 0.15) is 17.2 Å². The fourth-order valence-electron chi connectivity index (χ4n) is 1.80. The number of benzene rings is 2. The summed E-state index contributed by atoms with van der Waals surface area (Å²) in [4.78, 5) is 1.13. The molecule has 0 aromatic heterocycles. The van der Waals surface area contributed by atoms with Crippen molar-refractivity contribution in [3.05, 3.63) is 65.5 Å². The van der Waals surface area contributed by atoms with Gasteiger partial charge in [-0.05, 0) is 35.6 Å². The third-order valence-corrected chi connectivity index (χ3v) is 3.49. The first-order chi connectivity index (χ1) is 8.22. The molecule has 2 N–H and O–H groups in total. The fraction of sp³-hybridized carbons (Fsp3) is 0.143. The minimum atomic E-state index is -0.283. The third kappa shape index (κ3) is 2.68. The van der Waals surface area contributed by atoms with Gasteiger partial charge in [-0.15, -0.1) is 11.8 Å². The molecule has 0 spiro atoms. The van der Waals surface area contributed by atoms with Gasteiger partial charge in [-0.3, -0.25) is 0 Å². The van der Waals surface area contributed by atoms with Crippen molar-refractivity contribution in [3.63, 3.8) is 0 Å². The molecular weight excluding hydrogens is 233 g/mol. The van der Waals surface area contributed by atoms with Crippen molar-refractivity contribution in [2.75, 3.05) is 6.26 Å². The largest absolute Gasteiger partial charge is 0.320 e. The third-order valence-electron chi connectivity index (χ3n) is 2.68. The fourth-order valence-corrected chi connectivity index (χ4v) is 2.45. The molecule has 3 heteroatoms. The molecule has 88 valence electrons. The van der Waals surface area contributed by atoms with Crippen molar-refractivity contribution < 1.29 is 4.39 Å². The van der Waals surface area contributed by atoms with Gasteiger partial charge in [-0.25, -0.2) is 4.39 Å². The van der Waals surface area contributed by atoms with E-state index in [2.05, 4.69) is 0 Å². The molecule has 0 amide bonds. The van der Waals surface area contributed by atoms with E-state index >= 15 is 0 Å². The molecule has 1 unspecified atom stereocenters. The summed E-state index contributed by atoms with van der Waals surface area (Å²) in [6, 6.07) is 14.1. The van der Waals surface area contributed by atoms with Gasteiger partial charge in [0, 0.05) is 4.90 Å². The molecule has 17 heavy (non-hydrogen) atoms. The molecule has 0 aliphatic carbocycles. The van der Waals surface area contributed by atoms with Crippen molar-refractivity contribution in [2.45, 2.75) is 10.9 Å². The molecule has 0 aliphatic rings. The van der Waals surface area contributed by atoms with Gasteiger partial charge in [0.1, 0.15) is 5.82 Å². The van der Waals surface area contributed by atoms with Gasteiger partial charge >= 0.3 is 0 Å². The van der Waals surface area contributed by atoms with E-state index in [-0.39, 0.29) is 11.9 Å². The van der Waals surface area contributed by atoms with Gasteiger partial charge in [-0.1, -0.05) is 30.3 Å². The number of thioether (sulfide) groups is 1. The number of rotatable bonds is 3. The summed E-state index contributed by atoms with van der Waals surface area (Å²) >= 11 is 1.65. The van der Waals surface area contributed by atoms with E-state index < -0.39 is 0 Å². The van der Waals surface area contributed by atoms with Crippen molar-refractivity contribution in [3.8, 4) is 0 Å². The maximum atomic E-state index is 13.2. The average molecular weight is 247 g/mol. The van der Waals surface area contributed by atoms with Gasteiger partial charge < -0.3 is 5.73 Å². The topological polar surface area (TPSA) is 26.0 Å². The Hall–Kier alpha value is -1.32. The lowest BCUT2D eigenvalue weighted by molar-refractivity contribution is 0.623. The van der Waals surface area contributed by atoms with Crippen molar-refractivity contribution >= 4 is 11.8 Å². The van der Waals surface area contributed by atoms with Crippen LogP contribution in [0.5, 0.6) is 0 Å². The molecule has 0 saturated heterocycles. The highest BCUT2D eigenvalue weighted by molar-refractivity contribution is 7.98. The number of hydrogen-bond donors (Lipinski definition) is 1. The van der Waals surface area contributed by atoms with Gasteiger partial charge in [0.25, 0.3) is 0 Å². The Kier molecular flexibility index (Phi) is 3.82. The van der Waals surface area contributed by atoms with Gasteiger partial charge in [0.05, 0.1) is 6.04 Å². The first kappa shape index (κ1) is 12.1. The first-order valence-corrected chi connectivity index (χ1v) is 6.59. The van der Waals surface area contributed by atoms with E-state index in [1.54, 1.807) is 17.8 Å². The predicted molar refractivity (Wildman–Crippen MR) is 70.7 cm³/mol. The average Bonchev–Trinajstić information content (AvgIpc) is 2.38. The van der Waals surface area contributed by atoms with Gasteiger partial charge in [0.2, 0.25) is 0 Å². The maximum absolute atomic E-state index is 13.2. The molecular formula is C14H14FNS. The van der Waals surface area contributed by atoms with Crippen LogP contribution in [0.15, 0.2) is 53.4 Å². The second kappa shape index (κ2) is 5.34. The standard InChI is InChI=1S/C14H14FNS/c1-17-13-8-3-2-7-12(13)14(16)10-5-4-6-11(15)9-10/h2-9,14H,16H2,1H3. The highest BCUT2D eigenvalue weighted by atomic mass is 32.2. The second-order valence-corrected chi connectivity index (χ2v) is 4.62. The van der Waals surface area contributed by atoms with Crippen molar-refractivity contribution in [2.24, 2.45) is 5.73 Å². The summed E-state index contributed by atoms with van der Waals surface area (Å²) in [6.07, 6.45) is 2.01. The van der Waals surface area contributed by atoms with Crippen LogP contribution in [0.4, 0.5) is 4.39 Å². The maximum Gasteiger partial charge on any atom is 0.123 e. The van der Waals surface area contributed by atoms with Crippen molar-refractivity contribution in [1.82, 2.24) is 0 Å². The molecule has 0 radical (unpaired) electrons. The zero-order chi connectivity index (χ0) is 12.3. The lowest BCUT2D eigenvalue weighted by Gasteiger charge is -2.15. The Labute approximate surface area is 105 Å². The second-order valence-electron chi connectivity index (χ2n) is 3.77. The number of halogens is 1. The summed E-state index contributed by atoms with van der Waals surface area (Å²) in [6.45, 7) is 0. The van der Waals surface area contributed by atoms with E-state index in [0.717, 1.165) is 16.0 Å². The lowest BCUT2D eigenvalue weighted by Crippen LogP contribution is -2.12. The Morgan fingerprint density at radius 1 is 1.12 bits per heavy atom. The molecule has 1 nitrogen and oxygen atoms in total. The van der Waals surface area contributed by atoms with Crippen LogP contribution < -0.4 is 5.73 Å². The molecule has 2 aromatic carbocycles. The van der Waals surface area contributed by atoms with E-state index in [0.29, 0.717) is 0 Å². The van der Waals surface area contributed by atoms with E-state index in [1.165, 1.54) is 12.1 Å². The van der Waals surface area contributed by atoms with Crippen molar-refractivity contribution in [1.29, 1.82) is 0 Å². The summed E-state index contributed by atoms with van der Waals surface area (Å²) in [5.74, 6) is -0.250. The van der Waals surface area contributed by atoms with Gasteiger partial charge in [0.15, 0.2) is 0 Å². The minimum Gasteiger partial charge on any atom is -0.320 e. The molecule has 2 aromatic rings. The van der Waals surface area contributed by atoms with Crippen LogP contribution in [0.25, 0.3) is 0 Å². The Morgan fingerprint density at radius 2 is 1.88 bits per heavy atom. The van der Waals surface area contributed by atoms with Crippen LogP contribution in [0.2, 0.25) is 0 Å². The Bertz CT molecular complexity index is 513. The van der Waals surface area contributed by atoms with E-state index in [1.807, 2.05) is 36.6 Å². The molecule has 0 saturated carbocycles. The highest BCUT2D eigenvalue weighted by Gasteiger charge is 2.12. The zero-order valence-electron chi connectivity index (χ0n) is 9.56. The molecule has 0 fully saturated rings. The molecule has 2 rings (SSSR count). The highest BCUT2D eigenvalue weighted by Crippen LogP contribution is 2.28. The van der Waals surface area contributed by atoms with Gasteiger partial charge in [-0.2, -0.15) is 0 Å². The zero-order valence-corrected chi connectivity index (χ0v) is 10.4. The summed E-state index contributed by atoms with van der Waals surface area (Å²) < 4.78 is 13.2. The van der Waals surface area contributed by atoms with Crippen LogP contribution in [0, 0.1) is 5.82 Å². The number of hydrogen-bond acceptors (Lipinski definition) is 2. The van der Waals surface area contributed by atoms with Crippen LogP contribution in [-0.4, -0.2) is 6.26 Å². The smallest absolute Gasteiger partial charge is 0.123 e. The van der Waals surface area contributed by atoms with Crippen LogP contribution >= 0.6 is 11.8 Å². The molecule has 0 heterocycles.